The number of benzene rings is 1. The standard InChI is InChI=1S/C19H26FN3OS/c1-12-16(25-18(22-12)19(2,3)4)17(24)21-11-15(23(5)6)13-7-9-14(20)10-8-13/h7-10,15H,11H2,1-6H3,(H,21,24). The molecule has 0 bridgehead atoms. The molecule has 0 aliphatic rings. The molecular formula is C19H26FN3OS. The normalized spacial score (nSPS) is 13.1. The van der Waals surface area contributed by atoms with Crippen molar-refractivity contribution in [2.75, 3.05) is 20.6 Å². The lowest BCUT2D eigenvalue weighted by Crippen LogP contribution is -2.34. The molecule has 1 aromatic carbocycles. The molecule has 2 rings (SSSR count). The van der Waals surface area contributed by atoms with Crippen LogP contribution in [0.1, 0.15) is 52.7 Å². The number of carbonyl (C=O) groups excluding carboxylic acids is 1. The highest BCUT2D eigenvalue weighted by atomic mass is 32.1. The van der Waals surface area contributed by atoms with E-state index in [1.165, 1.54) is 23.5 Å². The summed E-state index contributed by atoms with van der Waals surface area (Å²) in [6.45, 7) is 8.57. The minimum Gasteiger partial charge on any atom is -0.349 e. The third-order valence-electron chi connectivity index (χ3n) is 3.98. The fourth-order valence-electron chi connectivity index (χ4n) is 2.48. The number of carbonyl (C=O) groups is 1. The molecule has 1 unspecified atom stereocenters. The first-order valence-corrected chi connectivity index (χ1v) is 9.09. The molecule has 1 N–H and O–H groups in total. The number of thiazole rings is 1. The second kappa shape index (κ2) is 7.62. The maximum absolute atomic E-state index is 13.1. The molecule has 0 aliphatic heterocycles. The minimum absolute atomic E-state index is 0.0279. The SMILES string of the molecule is Cc1nc(C(C)(C)C)sc1C(=O)NCC(c1ccc(F)cc1)N(C)C. The van der Waals surface area contributed by atoms with Gasteiger partial charge in [-0.25, -0.2) is 9.37 Å². The summed E-state index contributed by atoms with van der Waals surface area (Å²) in [4.78, 5) is 19.8. The van der Waals surface area contributed by atoms with Gasteiger partial charge in [0.25, 0.3) is 5.91 Å². The van der Waals surface area contributed by atoms with E-state index in [-0.39, 0.29) is 23.2 Å². The van der Waals surface area contributed by atoms with Gasteiger partial charge in [0.15, 0.2) is 0 Å². The van der Waals surface area contributed by atoms with Crippen LogP contribution in [0.4, 0.5) is 4.39 Å². The molecule has 1 atom stereocenters. The number of hydrogen-bond donors (Lipinski definition) is 1. The van der Waals surface area contributed by atoms with Gasteiger partial charge in [0.2, 0.25) is 0 Å². The third-order valence-corrected chi connectivity index (χ3v) is 5.56. The zero-order chi connectivity index (χ0) is 18.8. The van der Waals surface area contributed by atoms with Gasteiger partial charge in [0, 0.05) is 12.0 Å². The zero-order valence-corrected chi connectivity index (χ0v) is 16.5. The van der Waals surface area contributed by atoms with Crippen LogP contribution in [0.15, 0.2) is 24.3 Å². The van der Waals surface area contributed by atoms with Crippen molar-refractivity contribution in [1.29, 1.82) is 0 Å². The molecule has 2 aromatic rings. The molecular weight excluding hydrogens is 337 g/mol. The molecule has 1 amide bonds. The van der Waals surface area contributed by atoms with E-state index in [1.807, 2.05) is 25.9 Å². The molecule has 0 saturated carbocycles. The number of rotatable bonds is 5. The lowest BCUT2D eigenvalue weighted by Gasteiger charge is -2.25. The van der Waals surface area contributed by atoms with Crippen LogP contribution in [0.3, 0.4) is 0 Å². The van der Waals surface area contributed by atoms with Crippen LogP contribution in [-0.4, -0.2) is 36.4 Å². The van der Waals surface area contributed by atoms with Gasteiger partial charge in [-0.05, 0) is 38.7 Å². The molecule has 0 saturated heterocycles. The highest BCUT2D eigenvalue weighted by molar-refractivity contribution is 7.14. The lowest BCUT2D eigenvalue weighted by molar-refractivity contribution is 0.0945. The van der Waals surface area contributed by atoms with Crippen molar-refractivity contribution in [3.63, 3.8) is 0 Å². The average molecular weight is 364 g/mol. The Bertz CT molecular complexity index is 732. The van der Waals surface area contributed by atoms with E-state index in [0.717, 1.165) is 16.3 Å². The fraction of sp³-hybridized carbons (Fsp3) is 0.474. The zero-order valence-electron chi connectivity index (χ0n) is 15.7. The Morgan fingerprint density at radius 3 is 2.36 bits per heavy atom. The fourth-order valence-corrected chi connectivity index (χ4v) is 3.52. The molecule has 136 valence electrons. The number of aryl methyl sites for hydroxylation is 1. The third kappa shape index (κ3) is 4.86. The predicted molar refractivity (Wildman–Crippen MR) is 101 cm³/mol. The van der Waals surface area contributed by atoms with Crippen molar-refractivity contribution in [1.82, 2.24) is 15.2 Å². The smallest absolute Gasteiger partial charge is 0.263 e. The number of nitrogens with zero attached hydrogens (tertiary/aromatic N) is 2. The van der Waals surface area contributed by atoms with E-state index in [4.69, 9.17) is 0 Å². The summed E-state index contributed by atoms with van der Waals surface area (Å²) in [6.07, 6.45) is 0. The van der Waals surface area contributed by atoms with E-state index in [0.29, 0.717) is 11.4 Å². The number of likely N-dealkylation sites (N-methyl/N-ethyl adjacent to an activating group) is 1. The second-order valence-corrected chi connectivity index (χ2v) is 8.42. The van der Waals surface area contributed by atoms with Crippen LogP contribution in [0, 0.1) is 12.7 Å². The Morgan fingerprint density at radius 1 is 1.28 bits per heavy atom. The van der Waals surface area contributed by atoms with Gasteiger partial charge in [-0.15, -0.1) is 11.3 Å². The Labute approximate surface area is 153 Å². The van der Waals surface area contributed by atoms with Crippen molar-refractivity contribution in [3.05, 3.63) is 51.2 Å². The topological polar surface area (TPSA) is 45.2 Å². The number of aromatic nitrogens is 1. The van der Waals surface area contributed by atoms with Gasteiger partial charge >= 0.3 is 0 Å². The summed E-state index contributed by atoms with van der Waals surface area (Å²) >= 11 is 1.45. The van der Waals surface area contributed by atoms with Gasteiger partial charge in [-0.3, -0.25) is 4.79 Å². The van der Waals surface area contributed by atoms with Gasteiger partial charge < -0.3 is 10.2 Å². The van der Waals surface area contributed by atoms with E-state index in [9.17, 15) is 9.18 Å². The highest BCUT2D eigenvalue weighted by Crippen LogP contribution is 2.29. The molecule has 0 radical (unpaired) electrons. The van der Waals surface area contributed by atoms with Crippen LogP contribution in [0.2, 0.25) is 0 Å². The predicted octanol–water partition coefficient (Wildman–Crippen LogP) is 3.92. The Kier molecular flexibility index (Phi) is 5.95. The average Bonchev–Trinajstić information content (AvgIpc) is 2.91. The molecule has 0 aliphatic carbocycles. The molecule has 0 spiro atoms. The van der Waals surface area contributed by atoms with Crippen LogP contribution >= 0.6 is 11.3 Å². The first kappa shape index (κ1) is 19.5. The quantitative estimate of drug-likeness (QED) is 0.876. The van der Waals surface area contributed by atoms with Gasteiger partial charge in [-0.2, -0.15) is 0 Å². The molecule has 25 heavy (non-hydrogen) atoms. The maximum Gasteiger partial charge on any atom is 0.263 e. The van der Waals surface area contributed by atoms with Crippen molar-refractivity contribution >= 4 is 17.2 Å². The number of amides is 1. The molecule has 6 heteroatoms. The van der Waals surface area contributed by atoms with E-state index < -0.39 is 0 Å². The van der Waals surface area contributed by atoms with Gasteiger partial charge in [0.05, 0.1) is 16.7 Å². The Morgan fingerprint density at radius 2 is 1.88 bits per heavy atom. The van der Waals surface area contributed by atoms with Crippen LogP contribution in [-0.2, 0) is 5.41 Å². The summed E-state index contributed by atoms with van der Waals surface area (Å²) in [5.74, 6) is -0.375. The van der Waals surface area contributed by atoms with E-state index in [2.05, 4.69) is 31.1 Å². The highest BCUT2D eigenvalue weighted by Gasteiger charge is 2.24. The largest absolute Gasteiger partial charge is 0.349 e. The van der Waals surface area contributed by atoms with Crippen molar-refractivity contribution < 1.29 is 9.18 Å². The number of halogens is 1. The molecule has 0 fully saturated rings. The van der Waals surface area contributed by atoms with Gasteiger partial charge in [-0.1, -0.05) is 32.9 Å². The summed E-state index contributed by atoms with van der Waals surface area (Å²) < 4.78 is 13.1. The number of hydrogen-bond acceptors (Lipinski definition) is 4. The summed E-state index contributed by atoms with van der Waals surface area (Å²) in [7, 11) is 3.88. The second-order valence-electron chi connectivity index (χ2n) is 7.42. The van der Waals surface area contributed by atoms with Gasteiger partial charge in [0.1, 0.15) is 10.7 Å². The Balaban J connectivity index is 2.12. The van der Waals surface area contributed by atoms with Crippen LogP contribution in [0.5, 0.6) is 0 Å². The van der Waals surface area contributed by atoms with Crippen molar-refractivity contribution in [2.45, 2.75) is 39.2 Å². The van der Waals surface area contributed by atoms with E-state index >= 15 is 0 Å². The molecule has 4 nitrogen and oxygen atoms in total. The van der Waals surface area contributed by atoms with Crippen molar-refractivity contribution in [2.24, 2.45) is 0 Å². The summed E-state index contributed by atoms with van der Waals surface area (Å²) in [5.41, 5.74) is 1.65. The van der Waals surface area contributed by atoms with Crippen LogP contribution in [0.25, 0.3) is 0 Å². The molecule has 1 aromatic heterocycles. The molecule has 1 heterocycles. The van der Waals surface area contributed by atoms with Crippen LogP contribution < -0.4 is 5.32 Å². The number of nitrogens with one attached hydrogen (secondary N) is 1. The first-order valence-electron chi connectivity index (χ1n) is 8.27. The first-order chi connectivity index (χ1) is 11.6. The minimum atomic E-state index is -0.264. The van der Waals surface area contributed by atoms with Crippen molar-refractivity contribution in [3.8, 4) is 0 Å². The summed E-state index contributed by atoms with van der Waals surface area (Å²) in [5, 5.41) is 3.95. The Hall–Kier alpha value is -1.79. The lowest BCUT2D eigenvalue weighted by atomic mass is 9.98. The summed E-state index contributed by atoms with van der Waals surface area (Å²) in [6, 6.07) is 6.36. The maximum atomic E-state index is 13.1. The van der Waals surface area contributed by atoms with E-state index in [1.54, 1.807) is 12.1 Å². The monoisotopic (exact) mass is 363 g/mol.